The van der Waals surface area contributed by atoms with Gasteiger partial charge in [-0.25, -0.2) is 0 Å². The van der Waals surface area contributed by atoms with Crippen LogP contribution in [0.4, 0.5) is 4.70 Å². The third-order valence-corrected chi connectivity index (χ3v) is 0.866. The smallest absolute Gasteiger partial charge is 0.0471 e. The van der Waals surface area contributed by atoms with Crippen molar-refractivity contribution in [3.05, 3.63) is 0 Å². The molecule has 46 valence electrons. The van der Waals surface area contributed by atoms with E-state index in [1.54, 1.807) is 0 Å². The van der Waals surface area contributed by atoms with E-state index in [0.29, 0.717) is 0 Å². The lowest BCUT2D eigenvalue weighted by atomic mass is 10.1. The third kappa shape index (κ3) is 10.7. The summed E-state index contributed by atoms with van der Waals surface area (Å²) in [6.45, 7) is 6.73. The molecular formula is C6H15F. The molecule has 0 fully saturated rings. The zero-order chi connectivity index (χ0) is 4.99. The largest absolute Gasteiger partial charge is 0.269 e. The maximum Gasteiger partial charge on any atom is -0.0471 e. The Kier molecular flexibility index (Phi) is 8.49. The van der Waals surface area contributed by atoms with Gasteiger partial charge in [0.25, 0.3) is 0 Å². The normalized spacial score (nSPS) is 8.57. The van der Waals surface area contributed by atoms with Gasteiger partial charge in [0.05, 0.1) is 0 Å². The summed E-state index contributed by atoms with van der Waals surface area (Å²) < 4.78 is 0. The van der Waals surface area contributed by atoms with E-state index in [1.165, 1.54) is 12.8 Å². The van der Waals surface area contributed by atoms with Crippen molar-refractivity contribution in [1.29, 1.82) is 0 Å². The quantitative estimate of drug-likeness (QED) is 0.507. The van der Waals surface area contributed by atoms with Crippen molar-refractivity contribution in [2.75, 3.05) is 0 Å². The van der Waals surface area contributed by atoms with Crippen molar-refractivity contribution >= 4 is 0 Å². The Morgan fingerprint density at radius 2 is 1.71 bits per heavy atom. The first-order valence-corrected chi connectivity index (χ1v) is 2.77. The first-order valence-electron chi connectivity index (χ1n) is 2.77. The fourth-order valence-corrected chi connectivity index (χ4v) is 0.577. The molecule has 0 aliphatic rings. The van der Waals surface area contributed by atoms with E-state index in [1.807, 2.05) is 0 Å². The number of rotatable bonds is 2. The van der Waals surface area contributed by atoms with Crippen molar-refractivity contribution in [3.63, 3.8) is 0 Å². The SMILES string of the molecule is CCCC(C)C.F. The van der Waals surface area contributed by atoms with Crippen LogP contribution < -0.4 is 0 Å². The number of hydrogen-bond donors (Lipinski definition) is 0. The first kappa shape index (κ1) is 10.0. The van der Waals surface area contributed by atoms with E-state index in [2.05, 4.69) is 20.8 Å². The molecule has 0 unspecified atom stereocenters. The van der Waals surface area contributed by atoms with Crippen molar-refractivity contribution in [2.45, 2.75) is 33.6 Å². The molecule has 0 saturated carbocycles. The van der Waals surface area contributed by atoms with Crippen LogP contribution in [0.2, 0.25) is 0 Å². The van der Waals surface area contributed by atoms with Crippen LogP contribution in [0.1, 0.15) is 33.6 Å². The van der Waals surface area contributed by atoms with Gasteiger partial charge in [0, 0.05) is 0 Å². The molecule has 0 radical (unpaired) electrons. The molecule has 0 heterocycles. The van der Waals surface area contributed by atoms with Crippen LogP contribution in [0.15, 0.2) is 0 Å². The van der Waals surface area contributed by atoms with E-state index in [4.69, 9.17) is 0 Å². The Balaban J connectivity index is 0. The summed E-state index contributed by atoms with van der Waals surface area (Å²) in [7, 11) is 0. The van der Waals surface area contributed by atoms with Gasteiger partial charge in [-0.05, 0) is 5.92 Å². The molecule has 0 amide bonds. The molecule has 0 atom stereocenters. The standard InChI is InChI=1S/C6H14.FH/c1-4-5-6(2)3;/h6H,4-5H2,1-3H3;1H. The highest BCUT2D eigenvalue weighted by Crippen LogP contribution is 2.00. The average Bonchev–Trinajstić information content (AvgIpc) is 1.35. The van der Waals surface area contributed by atoms with Gasteiger partial charge in [-0.1, -0.05) is 33.6 Å². The third-order valence-electron chi connectivity index (χ3n) is 0.866. The second-order valence-corrected chi connectivity index (χ2v) is 2.18. The molecule has 0 N–H and O–H groups in total. The number of hydrogen-bond acceptors (Lipinski definition) is 0. The van der Waals surface area contributed by atoms with Crippen LogP contribution in [-0.2, 0) is 0 Å². The Labute approximate surface area is 45.3 Å². The van der Waals surface area contributed by atoms with E-state index < -0.39 is 0 Å². The van der Waals surface area contributed by atoms with E-state index >= 15 is 0 Å². The van der Waals surface area contributed by atoms with Gasteiger partial charge < -0.3 is 0 Å². The average molecular weight is 106 g/mol. The van der Waals surface area contributed by atoms with Gasteiger partial charge in [0.2, 0.25) is 0 Å². The van der Waals surface area contributed by atoms with Crippen molar-refractivity contribution in [3.8, 4) is 0 Å². The first-order chi connectivity index (χ1) is 2.77. The molecule has 1 heteroatoms. The molecule has 0 aliphatic carbocycles. The van der Waals surface area contributed by atoms with Crippen LogP contribution in [0.5, 0.6) is 0 Å². The summed E-state index contributed by atoms with van der Waals surface area (Å²) in [4.78, 5) is 0. The lowest BCUT2D eigenvalue weighted by Gasteiger charge is -1.95. The lowest BCUT2D eigenvalue weighted by Crippen LogP contribution is -1.81. The van der Waals surface area contributed by atoms with Gasteiger partial charge in [-0.2, -0.15) is 0 Å². The predicted octanol–water partition coefficient (Wildman–Crippen LogP) is 2.60. The Morgan fingerprint density at radius 1 is 1.29 bits per heavy atom. The van der Waals surface area contributed by atoms with E-state index in [9.17, 15) is 0 Å². The van der Waals surface area contributed by atoms with Gasteiger partial charge in [-0.3, -0.25) is 4.70 Å². The minimum absolute atomic E-state index is 0. The lowest BCUT2D eigenvalue weighted by molar-refractivity contribution is 0.576. The van der Waals surface area contributed by atoms with Gasteiger partial charge >= 0.3 is 0 Å². The fraction of sp³-hybridized carbons (Fsp3) is 1.00. The minimum Gasteiger partial charge on any atom is -0.269 e. The highest BCUT2D eigenvalue weighted by atomic mass is 19.0. The Hall–Kier alpha value is -0.0700. The number of halogens is 1. The summed E-state index contributed by atoms with van der Waals surface area (Å²) in [5.74, 6) is 0.898. The van der Waals surface area contributed by atoms with Crippen molar-refractivity contribution in [2.24, 2.45) is 5.92 Å². The zero-order valence-electron chi connectivity index (χ0n) is 5.40. The van der Waals surface area contributed by atoms with Gasteiger partial charge in [0.15, 0.2) is 0 Å². The van der Waals surface area contributed by atoms with E-state index in [-0.39, 0.29) is 4.70 Å². The maximum absolute atomic E-state index is 2.25. The van der Waals surface area contributed by atoms with Crippen LogP contribution in [-0.4, -0.2) is 0 Å². The molecule has 0 aromatic heterocycles. The Bertz CT molecular complexity index is 25.4. The van der Waals surface area contributed by atoms with E-state index in [0.717, 1.165) is 5.92 Å². The molecule has 0 aromatic rings. The molecule has 0 spiro atoms. The van der Waals surface area contributed by atoms with Crippen LogP contribution in [0.3, 0.4) is 0 Å². The predicted molar refractivity (Wildman–Crippen MR) is 32.2 cm³/mol. The summed E-state index contributed by atoms with van der Waals surface area (Å²) >= 11 is 0. The fourth-order valence-electron chi connectivity index (χ4n) is 0.577. The summed E-state index contributed by atoms with van der Waals surface area (Å²) in [6, 6.07) is 0. The maximum atomic E-state index is 2.25. The van der Waals surface area contributed by atoms with Crippen LogP contribution >= 0.6 is 0 Å². The molecule has 0 saturated heterocycles. The molecule has 0 aliphatic heterocycles. The monoisotopic (exact) mass is 106 g/mol. The molecule has 0 bridgehead atoms. The second kappa shape index (κ2) is 5.93. The highest BCUT2D eigenvalue weighted by Gasteiger charge is 1.85. The van der Waals surface area contributed by atoms with Crippen LogP contribution in [0, 0.1) is 5.92 Å². The minimum atomic E-state index is 0. The van der Waals surface area contributed by atoms with Gasteiger partial charge in [0.1, 0.15) is 0 Å². The molecule has 0 nitrogen and oxygen atoms in total. The second-order valence-electron chi connectivity index (χ2n) is 2.18. The van der Waals surface area contributed by atoms with Crippen LogP contribution in [0.25, 0.3) is 0 Å². The molecule has 0 rings (SSSR count). The summed E-state index contributed by atoms with van der Waals surface area (Å²) in [5.41, 5.74) is 0. The van der Waals surface area contributed by atoms with Crippen molar-refractivity contribution in [1.82, 2.24) is 0 Å². The van der Waals surface area contributed by atoms with Gasteiger partial charge in [-0.15, -0.1) is 0 Å². The molecule has 0 aromatic carbocycles. The Morgan fingerprint density at radius 3 is 1.71 bits per heavy atom. The molecule has 7 heavy (non-hydrogen) atoms. The molecular weight excluding hydrogens is 91.1 g/mol. The topological polar surface area (TPSA) is 0 Å². The summed E-state index contributed by atoms with van der Waals surface area (Å²) in [5, 5.41) is 0. The van der Waals surface area contributed by atoms with Crippen molar-refractivity contribution < 1.29 is 4.70 Å². The zero-order valence-corrected chi connectivity index (χ0v) is 5.40. The highest BCUT2D eigenvalue weighted by molar-refractivity contribution is 4.38. The summed E-state index contributed by atoms with van der Waals surface area (Å²) in [6.07, 6.45) is 2.71.